The highest BCUT2D eigenvalue weighted by molar-refractivity contribution is 8.00. The summed E-state index contributed by atoms with van der Waals surface area (Å²) in [6, 6.07) is 9.89. The van der Waals surface area contributed by atoms with Crippen molar-refractivity contribution in [1.29, 1.82) is 0 Å². The fourth-order valence-electron chi connectivity index (χ4n) is 2.17. The SMILES string of the molecule is COc1ccc(CC[C@H](C)NC(=O)[C@H](C)Sc2ncccn2)cc1. The molecule has 1 aromatic heterocycles. The first-order chi connectivity index (χ1) is 11.6. The predicted molar refractivity (Wildman–Crippen MR) is 96.3 cm³/mol. The Kier molecular flexibility index (Phi) is 7.06. The Balaban J connectivity index is 1.76. The second-order valence-corrected chi connectivity index (χ2v) is 6.90. The summed E-state index contributed by atoms with van der Waals surface area (Å²) in [6.45, 7) is 3.89. The van der Waals surface area contributed by atoms with Crippen LogP contribution in [-0.4, -0.2) is 34.3 Å². The molecule has 2 rings (SSSR count). The second kappa shape index (κ2) is 9.27. The van der Waals surface area contributed by atoms with E-state index in [0.29, 0.717) is 5.16 Å². The molecule has 5 nitrogen and oxygen atoms in total. The van der Waals surface area contributed by atoms with Gasteiger partial charge in [-0.3, -0.25) is 4.79 Å². The van der Waals surface area contributed by atoms with Gasteiger partial charge in [-0.1, -0.05) is 23.9 Å². The number of methoxy groups -OCH3 is 1. The monoisotopic (exact) mass is 345 g/mol. The molecule has 0 saturated heterocycles. The van der Waals surface area contributed by atoms with Crippen LogP contribution in [0.3, 0.4) is 0 Å². The second-order valence-electron chi connectivity index (χ2n) is 5.59. The lowest BCUT2D eigenvalue weighted by atomic mass is 10.1. The fourth-order valence-corrected chi connectivity index (χ4v) is 2.90. The summed E-state index contributed by atoms with van der Waals surface area (Å²) < 4.78 is 5.15. The van der Waals surface area contributed by atoms with E-state index in [1.54, 1.807) is 25.6 Å². The Hall–Kier alpha value is -2.08. The minimum Gasteiger partial charge on any atom is -0.497 e. The molecule has 6 heteroatoms. The molecule has 0 saturated carbocycles. The summed E-state index contributed by atoms with van der Waals surface area (Å²) in [4.78, 5) is 20.5. The largest absolute Gasteiger partial charge is 0.497 e. The highest BCUT2D eigenvalue weighted by Crippen LogP contribution is 2.18. The number of thioether (sulfide) groups is 1. The number of carbonyl (C=O) groups excluding carboxylic acids is 1. The molecular formula is C18H23N3O2S. The van der Waals surface area contributed by atoms with Gasteiger partial charge in [0.15, 0.2) is 5.16 Å². The van der Waals surface area contributed by atoms with Crippen molar-refractivity contribution in [3.05, 3.63) is 48.3 Å². The Bertz CT molecular complexity index is 634. The van der Waals surface area contributed by atoms with Gasteiger partial charge in [0.1, 0.15) is 5.75 Å². The molecule has 1 N–H and O–H groups in total. The van der Waals surface area contributed by atoms with Crippen molar-refractivity contribution < 1.29 is 9.53 Å². The summed E-state index contributed by atoms with van der Waals surface area (Å²) >= 11 is 1.36. The van der Waals surface area contributed by atoms with Crippen molar-refractivity contribution in [3.8, 4) is 5.75 Å². The van der Waals surface area contributed by atoms with Gasteiger partial charge in [-0.05, 0) is 50.5 Å². The number of amides is 1. The molecule has 0 aliphatic carbocycles. The van der Waals surface area contributed by atoms with E-state index in [1.807, 2.05) is 26.0 Å². The molecule has 0 aliphatic rings. The molecule has 1 amide bonds. The third-order valence-electron chi connectivity index (χ3n) is 3.61. The van der Waals surface area contributed by atoms with Crippen molar-refractivity contribution in [3.63, 3.8) is 0 Å². The van der Waals surface area contributed by atoms with Crippen LogP contribution in [0.4, 0.5) is 0 Å². The van der Waals surface area contributed by atoms with Gasteiger partial charge in [0, 0.05) is 18.4 Å². The van der Waals surface area contributed by atoms with Crippen molar-refractivity contribution in [2.75, 3.05) is 7.11 Å². The van der Waals surface area contributed by atoms with Gasteiger partial charge in [-0.15, -0.1) is 0 Å². The van der Waals surface area contributed by atoms with Crippen LogP contribution in [0.5, 0.6) is 5.75 Å². The summed E-state index contributed by atoms with van der Waals surface area (Å²) in [5.74, 6) is 0.865. The summed E-state index contributed by atoms with van der Waals surface area (Å²) in [5, 5.41) is 3.44. The van der Waals surface area contributed by atoms with Crippen LogP contribution in [0, 0.1) is 0 Å². The van der Waals surface area contributed by atoms with Crippen molar-refractivity contribution in [2.24, 2.45) is 0 Å². The molecule has 0 unspecified atom stereocenters. The number of rotatable bonds is 8. The average Bonchev–Trinajstić information content (AvgIpc) is 2.61. The van der Waals surface area contributed by atoms with E-state index in [0.717, 1.165) is 18.6 Å². The lowest BCUT2D eigenvalue weighted by Crippen LogP contribution is -2.37. The zero-order valence-electron chi connectivity index (χ0n) is 14.2. The molecule has 1 heterocycles. The molecular weight excluding hydrogens is 322 g/mol. The lowest BCUT2D eigenvalue weighted by molar-refractivity contribution is -0.120. The van der Waals surface area contributed by atoms with Gasteiger partial charge < -0.3 is 10.1 Å². The average molecular weight is 345 g/mol. The molecule has 2 aromatic rings. The van der Waals surface area contributed by atoms with Gasteiger partial charge in [-0.2, -0.15) is 0 Å². The van der Waals surface area contributed by atoms with Gasteiger partial charge in [0.25, 0.3) is 0 Å². The highest BCUT2D eigenvalue weighted by atomic mass is 32.2. The third kappa shape index (κ3) is 5.85. The van der Waals surface area contributed by atoms with E-state index in [4.69, 9.17) is 4.74 Å². The number of benzene rings is 1. The van der Waals surface area contributed by atoms with Crippen molar-refractivity contribution in [2.45, 2.75) is 43.1 Å². The number of hydrogen-bond donors (Lipinski definition) is 1. The van der Waals surface area contributed by atoms with Gasteiger partial charge >= 0.3 is 0 Å². The number of nitrogens with zero attached hydrogens (tertiary/aromatic N) is 2. The zero-order valence-corrected chi connectivity index (χ0v) is 15.0. The predicted octanol–water partition coefficient (Wildman–Crippen LogP) is 3.10. The van der Waals surface area contributed by atoms with Crippen LogP contribution in [0.25, 0.3) is 0 Å². The molecule has 0 fully saturated rings. The van der Waals surface area contributed by atoms with Crippen LogP contribution in [0.15, 0.2) is 47.9 Å². The van der Waals surface area contributed by atoms with Crippen LogP contribution >= 0.6 is 11.8 Å². The standard InChI is InChI=1S/C18H23N3O2S/c1-13(5-6-15-7-9-16(23-3)10-8-15)21-17(22)14(2)24-18-19-11-4-12-20-18/h4,7-14H,5-6H2,1-3H3,(H,21,22)/t13-,14-/m0/s1. The van der Waals surface area contributed by atoms with Gasteiger partial charge in [-0.25, -0.2) is 9.97 Å². The van der Waals surface area contributed by atoms with E-state index in [9.17, 15) is 4.79 Å². The number of carbonyl (C=O) groups is 1. The number of ether oxygens (including phenoxy) is 1. The fraction of sp³-hybridized carbons (Fsp3) is 0.389. The van der Waals surface area contributed by atoms with Crippen LogP contribution in [0.2, 0.25) is 0 Å². The molecule has 0 bridgehead atoms. The number of aryl methyl sites for hydroxylation is 1. The summed E-state index contributed by atoms with van der Waals surface area (Å²) in [7, 11) is 1.66. The van der Waals surface area contributed by atoms with Crippen molar-refractivity contribution in [1.82, 2.24) is 15.3 Å². The smallest absolute Gasteiger partial charge is 0.233 e. The maximum absolute atomic E-state index is 12.2. The molecule has 2 atom stereocenters. The quantitative estimate of drug-likeness (QED) is 0.588. The Morgan fingerprint density at radius 3 is 2.50 bits per heavy atom. The van der Waals surface area contributed by atoms with E-state index >= 15 is 0 Å². The highest BCUT2D eigenvalue weighted by Gasteiger charge is 2.17. The molecule has 0 aliphatic heterocycles. The maximum atomic E-state index is 12.2. The summed E-state index contributed by atoms with van der Waals surface area (Å²) in [6.07, 6.45) is 5.15. The first-order valence-corrected chi connectivity index (χ1v) is 8.83. The topological polar surface area (TPSA) is 64.1 Å². The number of nitrogens with one attached hydrogen (secondary N) is 1. The zero-order chi connectivity index (χ0) is 17.4. The van der Waals surface area contributed by atoms with Crippen LogP contribution in [-0.2, 0) is 11.2 Å². The Morgan fingerprint density at radius 2 is 1.88 bits per heavy atom. The maximum Gasteiger partial charge on any atom is 0.233 e. The molecule has 24 heavy (non-hydrogen) atoms. The van der Waals surface area contributed by atoms with Gasteiger partial charge in [0.05, 0.1) is 12.4 Å². The molecule has 0 radical (unpaired) electrons. The molecule has 128 valence electrons. The van der Waals surface area contributed by atoms with Crippen LogP contribution in [0.1, 0.15) is 25.8 Å². The van der Waals surface area contributed by atoms with E-state index < -0.39 is 0 Å². The first-order valence-electron chi connectivity index (χ1n) is 7.95. The molecule has 1 aromatic carbocycles. The molecule has 0 spiro atoms. The number of aromatic nitrogens is 2. The summed E-state index contributed by atoms with van der Waals surface area (Å²) in [5.41, 5.74) is 1.23. The normalized spacial score (nSPS) is 13.1. The minimum atomic E-state index is -0.226. The Labute approximate surface area is 147 Å². The lowest BCUT2D eigenvalue weighted by Gasteiger charge is -2.17. The van der Waals surface area contributed by atoms with Gasteiger partial charge in [0.2, 0.25) is 5.91 Å². The third-order valence-corrected chi connectivity index (χ3v) is 4.60. The van der Waals surface area contributed by atoms with E-state index in [-0.39, 0.29) is 17.2 Å². The minimum absolute atomic E-state index is 0.00897. The van der Waals surface area contributed by atoms with E-state index in [1.165, 1.54) is 17.3 Å². The Morgan fingerprint density at radius 1 is 1.21 bits per heavy atom. The van der Waals surface area contributed by atoms with Crippen molar-refractivity contribution >= 4 is 17.7 Å². The van der Waals surface area contributed by atoms with Crippen LogP contribution < -0.4 is 10.1 Å². The number of hydrogen-bond acceptors (Lipinski definition) is 5. The van der Waals surface area contributed by atoms with E-state index in [2.05, 4.69) is 27.4 Å². The first kappa shape index (κ1) is 18.3.